The maximum Gasteiger partial charge on any atom is 0.155 e. The van der Waals surface area contributed by atoms with Gasteiger partial charge in [0.25, 0.3) is 0 Å². The molecule has 2 aliphatic carbocycles. The Morgan fingerprint density at radius 1 is 1.44 bits per heavy atom. The molecule has 0 saturated heterocycles. The van der Waals surface area contributed by atoms with E-state index in [9.17, 15) is 0 Å². The molecule has 2 aliphatic rings. The van der Waals surface area contributed by atoms with Crippen LogP contribution in [0.1, 0.15) is 23.6 Å². The molecular weight excluding hydrogens is 222 g/mol. The van der Waals surface area contributed by atoms with Gasteiger partial charge < -0.3 is 0 Å². The zero-order valence-electron chi connectivity index (χ0n) is 8.60. The molecule has 3 nitrogen and oxygen atoms in total. The molecule has 0 radical (unpaired) electrons. The van der Waals surface area contributed by atoms with Crippen LogP contribution in [-0.4, -0.2) is 14.8 Å². The molecule has 0 spiro atoms. The Hall–Kier alpha value is -1.35. The highest BCUT2D eigenvalue weighted by molar-refractivity contribution is 6.30. The number of hydrogen-bond acceptors (Lipinski definition) is 2. The Balaban J connectivity index is 1.89. The van der Waals surface area contributed by atoms with Crippen LogP contribution in [0, 0.1) is 5.92 Å². The van der Waals surface area contributed by atoms with E-state index in [1.165, 1.54) is 24.1 Å². The molecule has 16 heavy (non-hydrogen) atoms. The first-order valence-corrected chi connectivity index (χ1v) is 5.89. The van der Waals surface area contributed by atoms with E-state index in [0.29, 0.717) is 5.02 Å². The predicted octanol–water partition coefficient (Wildman–Crippen LogP) is 2.58. The van der Waals surface area contributed by atoms with Gasteiger partial charge in [-0.25, -0.2) is 9.67 Å². The van der Waals surface area contributed by atoms with Crippen molar-refractivity contribution in [3.05, 3.63) is 40.8 Å². The third-order valence-electron chi connectivity index (χ3n) is 3.57. The fraction of sp³-hybridized carbons (Fsp3) is 0.333. The summed E-state index contributed by atoms with van der Waals surface area (Å²) in [4.78, 5) is 4.33. The summed E-state index contributed by atoms with van der Waals surface area (Å²) in [5.74, 6) is 2.43. The van der Waals surface area contributed by atoms with Gasteiger partial charge in [-0.2, -0.15) is 5.10 Å². The molecule has 0 unspecified atom stereocenters. The van der Waals surface area contributed by atoms with Gasteiger partial charge >= 0.3 is 0 Å². The van der Waals surface area contributed by atoms with Gasteiger partial charge in [-0.3, -0.25) is 0 Å². The van der Waals surface area contributed by atoms with Gasteiger partial charge in [-0.15, -0.1) is 0 Å². The first kappa shape index (κ1) is 8.76. The number of nitrogens with zero attached hydrogens (tertiary/aromatic N) is 3. The van der Waals surface area contributed by atoms with Crippen LogP contribution in [0.15, 0.2) is 24.5 Å². The van der Waals surface area contributed by atoms with Crippen LogP contribution < -0.4 is 0 Å². The van der Waals surface area contributed by atoms with Crippen LogP contribution >= 0.6 is 11.6 Å². The van der Waals surface area contributed by atoms with Crippen molar-refractivity contribution in [2.45, 2.75) is 18.8 Å². The highest BCUT2D eigenvalue weighted by Crippen LogP contribution is 2.56. The van der Waals surface area contributed by atoms with Gasteiger partial charge in [0, 0.05) is 23.2 Å². The van der Waals surface area contributed by atoms with Crippen molar-refractivity contribution in [2.24, 2.45) is 5.92 Å². The van der Waals surface area contributed by atoms with E-state index in [1.54, 1.807) is 12.3 Å². The third-order valence-corrected chi connectivity index (χ3v) is 3.80. The molecule has 1 fully saturated rings. The standard InChI is InChI=1S/C12H10ClN3/c13-9-1-2-14-11(5-9)16-12-8(6-15-16)3-7-4-10(7)12/h1-2,5-7,10H,3-4H2/t7-,10+/m0/s1. The zero-order chi connectivity index (χ0) is 10.7. The quantitative estimate of drug-likeness (QED) is 0.755. The number of aromatic nitrogens is 3. The number of rotatable bonds is 1. The molecule has 0 bridgehead atoms. The summed E-state index contributed by atoms with van der Waals surface area (Å²) in [6, 6.07) is 3.65. The molecule has 1 saturated carbocycles. The Morgan fingerprint density at radius 2 is 2.38 bits per heavy atom. The van der Waals surface area contributed by atoms with Crippen molar-refractivity contribution >= 4 is 11.6 Å². The predicted molar refractivity (Wildman–Crippen MR) is 60.9 cm³/mol. The molecule has 2 atom stereocenters. The highest BCUT2D eigenvalue weighted by Gasteiger charge is 2.48. The van der Waals surface area contributed by atoms with Crippen molar-refractivity contribution in [1.29, 1.82) is 0 Å². The summed E-state index contributed by atoms with van der Waals surface area (Å²) in [6.07, 6.45) is 6.22. The van der Waals surface area contributed by atoms with Crippen molar-refractivity contribution in [2.75, 3.05) is 0 Å². The minimum atomic E-state index is 0.708. The van der Waals surface area contributed by atoms with Crippen LogP contribution in [0.5, 0.6) is 0 Å². The molecule has 0 aliphatic heterocycles. The molecule has 0 amide bonds. The molecule has 80 valence electrons. The second-order valence-corrected chi connectivity index (χ2v) is 5.04. The molecule has 0 aromatic carbocycles. The summed E-state index contributed by atoms with van der Waals surface area (Å²) < 4.78 is 1.96. The van der Waals surface area contributed by atoms with Gasteiger partial charge in [0.1, 0.15) is 0 Å². The largest absolute Gasteiger partial charge is 0.237 e. The second kappa shape index (κ2) is 2.86. The van der Waals surface area contributed by atoms with Crippen LogP contribution in [-0.2, 0) is 6.42 Å². The minimum Gasteiger partial charge on any atom is -0.237 e. The smallest absolute Gasteiger partial charge is 0.155 e. The Bertz CT molecular complexity index is 575. The molecule has 4 rings (SSSR count). The lowest BCUT2D eigenvalue weighted by Gasteiger charge is -2.05. The monoisotopic (exact) mass is 231 g/mol. The van der Waals surface area contributed by atoms with Gasteiger partial charge in [-0.05, 0) is 30.4 Å². The van der Waals surface area contributed by atoms with E-state index in [1.807, 2.05) is 16.9 Å². The minimum absolute atomic E-state index is 0.708. The molecular formula is C12H10ClN3. The number of fused-ring (bicyclic) bond motifs is 3. The van der Waals surface area contributed by atoms with E-state index in [0.717, 1.165) is 17.7 Å². The van der Waals surface area contributed by atoms with Crippen LogP contribution in [0.4, 0.5) is 0 Å². The zero-order valence-corrected chi connectivity index (χ0v) is 9.35. The van der Waals surface area contributed by atoms with E-state index in [4.69, 9.17) is 11.6 Å². The SMILES string of the molecule is Clc1ccnc(-n2ncc3c2[C@@H]2C[C@@H]2C3)c1. The number of halogens is 1. The maximum absolute atomic E-state index is 5.98. The first-order chi connectivity index (χ1) is 7.83. The van der Waals surface area contributed by atoms with Gasteiger partial charge in [0.05, 0.1) is 11.9 Å². The van der Waals surface area contributed by atoms with E-state index < -0.39 is 0 Å². The fourth-order valence-electron chi connectivity index (χ4n) is 2.73. The van der Waals surface area contributed by atoms with Crippen molar-refractivity contribution in [3.63, 3.8) is 0 Å². The van der Waals surface area contributed by atoms with E-state index >= 15 is 0 Å². The van der Waals surface area contributed by atoms with Crippen molar-refractivity contribution in [3.8, 4) is 5.82 Å². The summed E-state index contributed by atoms with van der Waals surface area (Å²) in [5, 5.41) is 5.13. The van der Waals surface area contributed by atoms with Crippen molar-refractivity contribution < 1.29 is 0 Å². The summed E-state index contributed by atoms with van der Waals surface area (Å²) in [5.41, 5.74) is 2.75. The lowest BCUT2D eigenvalue weighted by atomic mass is 10.2. The Kier molecular flexibility index (Phi) is 1.56. The Labute approximate surface area is 98.1 Å². The van der Waals surface area contributed by atoms with E-state index in [-0.39, 0.29) is 0 Å². The normalized spacial score (nSPS) is 25.3. The summed E-state index contributed by atoms with van der Waals surface area (Å²) in [7, 11) is 0. The average Bonchev–Trinajstić information content (AvgIpc) is 2.75. The van der Waals surface area contributed by atoms with Crippen LogP contribution in [0.2, 0.25) is 5.02 Å². The third kappa shape index (κ3) is 1.09. The lowest BCUT2D eigenvalue weighted by Crippen LogP contribution is -2.03. The summed E-state index contributed by atoms with van der Waals surface area (Å²) in [6.45, 7) is 0. The van der Waals surface area contributed by atoms with Crippen molar-refractivity contribution in [1.82, 2.24) is 14.8 Å². The van der Waals surface area contributed by atoms with Crippen LogP contribution in [0.25, 0.3) is 5.82 Å². The average molecular weight is 232 g/mol. The van der Waals surface area contributed by atoms with Gasteiger partial charge in [-0.1, -0.05) is 11.6 Å². The molecule has 0 N–H and O–H groups in total. The molecule has 2 heterocycles. The van der Waals surface area contributed by atoms with Gasteiger partial charge in [0.15, 0.2) is 5.82 Å². The first-order valence-electron chi connectivity index (χ1n) is 5.51. The lowest BCUT2D eigenvalue weighted by molar-refractivity contribution is 0.771. The summed E-state index contributed by atoms with van der Waals surface area (Å²) >= 11 is 5.98. The molecule has 4 heteroatoms. The maximum atomic E-state index is 5.98. The number of hydrogen-bond donors (Lipinski definition) is 0. The van der Waals surface area contributed by atoms with E-state index in [2.05, 4.69) is 10.1 Å². The Morgan fingerprint density at radius 3 is 3.25 bits per heavy atom. The molecule has 2 aromatic rings. The highest BCUT2D eigenvalue weighted by atomic mass is 35.5. The number of pyridine rings is 1. The fourth-order valence-corrected chi connectivity index (χ4v) is 2.88. The van der Waals surface area contributed by atoms with Crippen LogP contribution in [0.3, 0.4) is 0 Å². The topological polar surface area (TPSA) is 30.7 Å². The second-order valence-electron chi connectivity index (χ2n) is 4.61. The van der Waals surface area contributed by atoms with Gasteiger partial charge in [0.2, 0.25) is 0 Å². The molecule has 2 aromatic heterocycles.